The zero-order valence-electron chi connectivity index (χ0n) is 9.79. The van der Waals surface area contributed by atoms with Gasteiger partial charge in [-0.05, 0) is 37.0 Å². The van der Waals surface area contributed by atoms with Gasteiger partial charge in [-0.1, -0.05) is 17.7 Å². The van der Waals surface area contributed by atoms with Gasteiger partial charge in [-0.2, -0.15) is 0 Å². The second-order valence-corrected chi connectivity index (χ2v) is 5.03. The molecule has 2 rings (SSSR count). The largest absolute Gasteiger partial charge is 0.481 e. The number of carboxylic acid groups (broad SMARTS) is 1. The summed E-state index contributed by atoms with van der Waals surface area (Å²) in [6.45, 7) is 0.891. The molecule has 1 fully saturated rings. The van der Waals surface area contributed by atoms with Crippen molar-refractivity contribution in [3.8, 4) is 0 Å². The maximum atomic E-state index is 13.1. The van der Waals surface area contributed by atoms with E-state index in [2.05, 4.69) is 0 Å². The fourth-order valence-electron chi connectivity index (χ4n) is 2.27. The smallest absolute Gasteiger partial charge is 0.310 e. The maximum absolute atomic E-state index is 13.1. The summed E-state index contributed by atoms with van der Waals surface area (Å²) in [7, 11) is 0. The first-order valence-electron chi connectivity index (χ1n) is 5.79. The van der Waals surface area contributed by atoms with Crippen LogP contribution in [0.2, 0.25) is 5.02 Å². The van der Waals surface area contributed by atoms with Gasteiger partial charge < -0.3 is 9.84 Å². The SMILES string of the molecule is O=C(O)C1(Cc2ccc(F)c(Cl)c2)CCOCC1. The highest BCUT2D eigenvalue weighted by Gasteiger charge is 2.40. The van der Waals surface area contributed by atoms with Crippen LogP contribution in [0, 0.1) is 11.2 Å². The summed E-state index contributed by atoms with van der Waals surface area (Å²) >= 11 is 5.71. The lowest BCUT2D eigenvalue weighted by molar-refractivity contribution is -0.154. The summed E-state index contributed by atoms with van der Waals surface area (Å²) in [5.41, 5.74) is -0.0786. The molecule has 0 amide bonds. The van der Waals surface area contributed by atoms with Crippen LogP contribution in [0.3, 0.4) is 0 Å². The van der Waals surface area contributed by atoms with Gasteiger partial charge in [-0.25, -0.2) is 4.39 Å². The monoisotopic (exact) mass is 272 g/mol. The summed E-state index contributed by atoms with van der Waals surface area (Å²) in [6.07, 6.45) is 1.29. The van der Waals surface area contributed by atoms with Crippen molar-refractivity contribution in [3.63, 3.8) is 0 Å². The van der Waals surface area contributed by atoms with Crippen molar-refractivity contribution < 1.29 is 19.0 Å². The molecule has 1 saturated heterocycles. The molecule has 1 aliphatic rings. The van der Waals surface area contributed by atoms with Crippen molar-refractivity contribution in [1.29, 1.82) is 0 Å². The summed E-state index contributed by atoms with van der Waals surface area (Å²) in [5.74, 6) is -1.32. The molecule has 0 unspecified atom stereocenters. The predicted molar refractivity (Wildman–Crippen MR) is 65.2 cm³/mol. The number of hydrogen-bond donors (Lipinski definition) is 1. The van der Waals surface area contributed by atoms with Gasteiger partial charge in [0.05, 0.1) is 10.4 Å². The van der Waals surface area contributed by atoms with Crippen LogP contribution in [0.5, 0.6) is 0 Å². The van der Waals surface area contributed by atoms with E-state index in [0.717, 1.165) is 5.56 Å². The molecule has 0 spiro atoms. The molecule has 0 bridgehead atoms. The highest BCUT2D eigenvalue weighted by molar-refractivity contribution is 6.30. The average Bonchev–Trinajstić information content (AvgIpc) is 2.35. The first-order chi connectivity index (χ1) is 8.53. The lowest BCUT2D eigenvalue weighted by Gasteiger charge is -2.33. The molecule has 1 heterocycles. The molecule has 0 atom stereocenters. The number of aliphatic carboxylic acids is 1. The Morgan fingerprint density at radius 2 is 2.11 bits per heavy atom. The molecular weight excluding hydrogens is 259 g/mol. The lowest BCUT2D eigenvalue weighted by atomic mass is 9.75. The number of carbonyl (C=O) groups is 1. The van der Waals surface area contributed by atoms with Gasteiger partial charge in [0, 0.05) is 13.2 Å². The highest BCUT2D eigenvalue weighted by Crippen LogP contribution is 2.35. The Balaban J connectivity index is 2.23. The van der Waals surface area contributed by atoms with Crippen molar-refractivity contribution in [2.75, 3.05) is 13.2 Å². The van der Waals surface area contributed by atoms with Crippen molar-refractivity contribution in [1.82, 2.24) is 0 Å². The molecule has 0 aliphatic carbocycles. The van der Waals surface area contributed by atoms with E-state index in [0.29, 0.717) is 32.5 Å². The normalized spacial score (nSPS) is 18.6. The van der Waals surface area contributed by atoms with Gasteiger partial charge >= 0.3 is 5.97 Å². The molecule has 0 radical (unpaired) electrons. The van der Waals surface area contributed by atoms with Crippen molar-refractivity contribution in [2.24, 2.45) is 5.41 Å². The number of ether oxygens (including phenoxy) is 1. The van der Waals surface area contributed by atoms with E-state index in [9.17, 15) is 14.3 Å². The lowest BCUT2D eigenvalue weighted by Crippen LogP contribution is -2.39. The van der Waals surface area contributed by atoms with Gasteiger partial charge in [0.2, 0.25) is 0 Å². The highest BCUT2D eigenvalue weighted by atomic mass is 35.5. The number of benzene rings is 1. The zero-order valence-corrected chi connectivity index (χ0v) is 10.5. The fourth-order valence-corrected chi connectivity index (χ4v) is 2.47. The molecule has 5 heteroatoms. The van der Waals surface area contributed by atoms with Gasteiger partial charge in [0.1, 0.15) is 5.82 Å². The summed E-state index contributed by atoms with van der Waals surface area (Å²) < 4.78 is 18.3. The van der Waals surface area contributed by atoms with Crippen LogP contribution in [0.25, 0.3) is 0 Å². The molecule has 0 aromatic heterocycles. The van der Waals surface area contributed by atoms with Gasteiger partial charge in [-0.3, -0.25) is 4.79 Å². The Bertz CT molecular complexity index is 456. The Hall–Kier alpha value is -1.13. The molecule has 1 aromatic rings. The van der Waals surface area contributed by atoms with Crippen molar-refractivity contribution in [3.05, 3.63) is 34.6 Å². The number of halogens is 2. The minimum absolute atomic E-state index is 0.0279. The van der Waals surface area contributed by atoms with Crippen molar-refractivity contribution in [2.45, 2.75) is 19.3 Å². The van der Waals surface area contributed by atoms with Gasteiger partial charge in [0.25, 0.3) is 0 Å². The number of hydrogen-bond acceptors (Lipinski definition) is 2. The van der Waals surface area contributed by atoms with E-state index < -0.39 is 17.2 Å². The standard InChI is InChI=1S/C13H14ClFO3/c14-10-7-9(1-2-11(10)15)8-13(12(16)17)3-5-18-6-4-13/h1-2,7H,3-6,8H2,(H,16,17). The molecule has 1 aromatic carbocycles. The van der Waals surface area contributed by atoms with Crippen LogP contribution in [0.15, 0.2) is 18.2 Å². The molecule has 0 saturated carbocycles. The Morgan fingerprint density at radius 1 is 1.44 bits per heavy atom. The second-order valence-electron chi connectivity index (χ2n) is 4.62. The predicted octanol–water partition coefficient (Wildman–Crippen LogP) is 2.90. The second kappa shape index (κ2) is 5.24. The minimum atomic E-state index is -0.828. The van der Waals surface area contributed by atoms with Crippen LogP contribution < -0.4 is 0 Å². The molecule has 1 aliphatic heterocycles. The van der Waals surface area contributed by atoms with Gasteiger partial charge in [0.15, 0.2) is 0 Å². The molecule has 98 valence electrons. The third kappa shape index (κ3) is 2.65. The Labute approximate surface area is 110 Å². The maximum Gasteiger partial charge on any atom is 0.310 e. The molecular formula is C13H14ClFO3. The topological polar surface area (TPSA) is 46.5 Å². The Morgan fingerprint density at radius 3 is 2.67 bits per heavy atom. The zero-order chi connectivity index (χ0) is 13.2. The molecule has 1 N–H and O–H groups in total. The Kier molecular flexibility index (Phi) is 3.88. The fraction of sp³-hybridized carbons (Fsp3) is 0.462. The minimum Gasteiger partial charge on any atom is -0.481 e. The van der Waals surface area contributed by atoms with Crippen LogP contribution in [0.1, 0.15) is 18.4 Å². The van der Waals surface area contributed by atoms with Crippen molar-refractivity contribution >= 4 is 17.6 Å². The van der Waals surface area contributed by atoms with E-state index >= 15 is 0 Å². The summed E-state index contributed by atoms with van der Waals surface area (Å²) in [4.78, 5) is 11.5. The average molecular weight is 273 g/mol. The van der Waals surface area contributed by atoms with Crippen LogP contribution in [-0.4, -0.2) is 24.3 Å². The molecule has 18 heavy (non-hydrogen) atoms. The van der Waals surface area contributed by atoms with E-state index in [1.54, 1.807) is 6.07 Å². The first kappa shape index (κ1) is 13.3. The van der Waals surface area contributed by atoms with E-state index in [1.165, 1.54) is 12.1 Å². The third-order valence-electron chi connectivity index (χ3n) is 3.43. The van der Waals surface area contributed by atoms with E-state index in [1.807, 2.05) is 0 Å². The number of carboxylic acids is 1. The van der Waals surface area contributed by atoms with Crippen LogP contribution >= 0.6 is 11.6 Å². The summed E-state index contributed by atoms with van der Waals surface area (Å²) in [5, 5.41) is 9.44. The summed E-state index contributed by atoms with van der Waals surface area (Å²) in [6, 6.07) is 4.35. The molecule has 3 nitrogen and oxygen atoms in total. The van der Waals surface area contributed by atoms with Crippen LogP contribution in [0.4, 0.5) is 4.39 Å². The van der Waals surface area contributed by atoms with Gasteiger partial charge in [-0.15, -0.1) is 0 Å². The van der Waals surface area contributed by atoms with Crippen LogP contribution in [-0.2, 0) is 16.0 Å². The third-order valence-corrected chi connectivity index (χ3v) is 3.72. The number of rotatable bonds is 3. The quantitative estimate of drug-likeness (QED) is 0.920. The first-order valence-corrected chi connectivity index (χ1v) is 6.16. The van der Waals surface area contributed by atoms with E-state index in [4.69, 9.17) is 16.3 Å². The van der Waals surface area contributed by atoms with E-state index in [-0.39, 0.29) is 5.02 Å².